The lowest BCUT2D eigenvalue weighted by Crippen LogP contribution is -2.48. The van der Waals surface area contributed by atoms with Crippen LogP contribution < -0.4 is 4.74 Å². The molecule has 8 nitrogen and oxygen atoms in total. The highest BCUT2D eigenvalue weighted by Gasteiger charge is 2.51. The van der Waals surface area contributed by atoms with Crippen molar-refractivity contribution in [1.29, 1.82) is 0 Å². The van der Waals surface area contributed by atoms with Crippen LogP contribution in [0.25, 0.3) is 5.65 Å². The molecule has 3 aliphatic heterocycles. The Bertz CT molecular complexity index is 1420. The number of amides is 1. The number of halogens is 2. The van der Waals surface area contributed by atoms with Crippen LogP contribution in [-0.4, -0.2) is 66.2 Å². The predicted molar refractivity (Wildman–Crippen MR) is 136 cm³/mol. The van der Waals surface area contributed by atoms with Crippen molar-refractivity contribution in [2.45, 2.75) is 83.3 Å². The molecule has 0 aliphatic carbocycles. The molecule has 0 saturated carbocycles. The zero-order valence-electron chi connectivity index (χ0n) is 21.5. The highest BCUT2D eigenvalue weighted by Crippen LogP contribution is 2.42. The van der Waals surface area contributed by atoms with Gasteiger partial charge in [-0.3, -0.25) is 9.69 Å². The molecule has 1 aromatic carbocycles. The topological polar surface area (TPSA) is 83.2 Å². The van der Waals surface area contributed by atoms with Crippen molar-refractivity contribution < 1.29 is 19.0 Å². The quantitative estimate of drug-likeness (QED) is 0.554. The monoisotopic (exact) mass is 527 g/mol. The molecule has 5 heterocycles. The summed E-state index contributed by atoms with van der Waals surface area (Å²) in [5.41, 5.74) is 3.58. The maximum atomic E-state index is 14.3. The smallest absolute Gasteiger partial charge is 0.258 e. The SMILES string of the molecule is CCc1nc2c3c(nn2c(C)c1Cl)CN(C(=O)c1ccc(F)cc1O[C@H]1C[C@H]2C[C@@](C)(O)[C@@H](C1)N2C)C3. The van der Waals surface area contributed by atoms with Crippen LogP contribution in [0, 0.1) is 12.7 Å². The van der Waals surface area contributed by atoms with Gasteiger partial charge in [-0.25, -0.2) is 13.9 Å². The average Bonchev–Trinajstić information content (AvgIpc) is 3.44. The molecule has 2 fully saturated rings. The van der Waals surface area contributed by atoms with Crippen LogP contribution in [-0.2, 0) is 19.5 Å². The van der Waals surface area contributed by atoms with Crippen molar-refractivity contribution in [3.63, 3.8) is 0 Å². The van der Waals surface area contributed by atoms with Gasteiger partial charge < -0.3 is 14.7 Å². The summed E-state index contributed by atoms with van der Waals surface area (Å²) in [5, 5.41) is 16.1. The number of aliphatic hydroxyl groups is 1. The fraction of sp³-hybridized carbons (Fsp3) is 0.519. The molecule has 0 spiro atoms. The van der Waals surface area contributed by atoms with Gasteiger partial charge in [-0.05, 0) is 52.3 Å². The zero-order chi connectivity index (χ0) is 26.2. The molecule has 37 heavy (non-hydrogen) atoms. The van der Waals surface area contributed by atoms with Crippen molar-refractivity contribution >= 4 is 23.2 Å². The Hall–Kier alpha value is -2.75. The largest absolute Gasteiger partial charge is 0.489 e. The van der Waals surface area contributed by atoms with Gasteiger partial charge in [-0.15, -0.1) is 0 Å². The van der Waals surface area contributed by atoms with Crippen molar-refractivity contribution in [3.8, 4) is 5.75 Å². The van der Waals surface area contributed by atoms with E-state index in [1.807, 2.05) is 27.8 Å². The Morgan fingerprint density at radius 3 is 2.84 bits per heavy atom. The summed E-state index contributed by atoms with van der Waals surface area (Å²) in [4.78, 5) is 22.3. The highest BCUT2D eigenvalue weighted by atomic mass is 35.5. The molecule has 10 heteroatoms. The lowest BCUT2D eigenvalue weighted by Gasteiger charge is -2.38. The molecule has 0 unspecified atom stereocenters. The van der Waals surface area contributed by atoms with E-state index in [1.165, 1.54) is 18.2 Å². The second kappa shape index (κ2) is 8.64. The number of hydrogen-bond donors (Lipinski definition) is 1. The molecule has 3 aliphatic rings. The first kappa shape index (κ1) is 24.6. The average molecular weight is 528 g/mol. The molecule has 0 radical (unpaired) electrons. The molecular weight excluding hydrogens is 497 g/mol. The van der Waals surface area contributed by atoms with E-state index < -0.39 is 11.4 Å². The van der Waals surface area contributed by atoms with Gasteiger partial charge in [-0.1, -0.05) is 18.5 Å². The molecule has 4 atom stereocenters. The third kappa shape index (κ3) is 3.90. The van der Waals surface area contributed by atoms with Crippen LogP contribution in [0.15, 0.2) is 18.2 Å². The second-order valence-corrected chi connectivity index (χ2v) is 11.3. The van der Waals surface area contributed by atoms with Gasteiger partial charge in [0.15, 0.2) is 5.65 Å². The molecule has 3 aromatic rings. The van der Waals surface area contributed by atoms with Gasteiger partial charge >= 0.3 is 0 Å². The van der Waals surface area contributed by atoms with E-state index in [9.17, 15) is 14.3 Å². The van der Waals surface area contributed by atoms with E-state index >= 15 is 0 Å². The number of nitrogens with zero attached hydrogens (tertiary/aromatic N) is 5. The van der Waals surface area contributed by atoms with Crippen molar-refractivity contribution in [3.05, 3.63) is 57.2 Å². The minimum atomic E-state index is -0.786. The van der Waals surface area contributed by atoms with E-state index in [4.69, 9.17) is 21.3 Å². The minimum absolute atomic E-state index is 0.0358. The number of piperidine rings is 1. The number of aromatic nitrogens is 3. The van der Waals surface area contributed by atoms with E-state index in [0.29, 0.717) is 55.0 Å². The molecular formula is C27H31ClFN5O3. The van der Waals surface area contributed by atoms with E-state index in [-0.39, 0.29) is 29.8 Å². The number of likely N-dealkylation sites (N-methyl/N-ethyl adjacent to an activating group) is 1. The minimum Gasteiger partial charge on any atom is -0.489 e. The number of hydrogen-bond acceptors (Lipinski definition) is 6. The van der Waals surface area contributed by atoms with Crippen LogP contribution in [0.5, 0.6) is 5.75 Å². The normalized spacial score (nSPS) is 27.2. The Kier molecular flexibility index (Phi) is 5.74. The fourth-order valence-electron chi connectivity index (χ4n) is 6.39. The summed E-state index contributed by atoms with van der Waals surface area (Å²) in [7, 11) is 2.03. The predicted octanol–water partition coefficient (Wildman–Crippen LogP) is 3.91. The van der Waals surface area contributed by atoms with E-state index in [0.717, 1.165) is 22.6 Å². The number of aryl methyl sites for hydroxylation is 2. The number of ether oxygens (including phenoxy) is 1. The number of benzene rings is 1. The Morgan fingerprint density at radius 1 is 1.32 bits per heavy atom. The van der Waals surface area contributed by atoms with Crippen LogP contribution in [0.2, 0.25) is 5.02 Å². The van der Waals surface area contributed by atoms with E-state index in [1.54, 1.807) is 9.42 Å². The molecule has 2 saturated heterocycles. The summed E-state index contributed by atoms with van der Waals surface area (Å²) in [5.74, 6) is -0.456. The van der Waals surface area contributed by atoms with Gasteiger partial charge in [0.05, 0.1) is 46.4 Å². The summed E-state index contributed by atoms with van der Waals surface area (Å²) in [6.07, 6.45) is 2.49. The fourth-order valence-corrected chi connectivity index (χ4v) is 6.65. The number of carbonyl (C=O) groups is 1. The zero-order valence-corrected chi connectivity index (χ0v) is 22.2. The first-order valence-electron chi connectivity index (χ1n) is 12.8. The lowest BCUT2D eigenvalue weighted by atomic mass is 9.94. The van der Waals surface area contributed by atoms with Crippen molar-refractivity contribution in [2.75, 3.05) is 7.05 Å². The van der Waals surface area contributed by atoms with E-state index in [2.05, 4.69) is 10.00 Å². The maximum absolute atomic E-state index is 14.3. The first-order valence-corrected chi connectivity index (χ1v) is 13.2. The third-order valence-corrected chi connectivity index (χ3v) is 8.90. The number of fused-ring (bicyclic) bond motifs is 5. The molecule has 196 valence electrons. The van der Waals surface area contributed by atoms with Crippen molar-refractivity contribution in [1.82, 2.24) is 24.4 Å². The summed E-state index contributed by atoms with van der Waals surface area (Å²) in [6.45, 7) is 6.46. The molecule has 1 amide bonds. The first-order chi connectivity index (χ1) is 17.6. The molecule has 1 N–H and O–H groups in total. The van der Waals surface area contributed by atoms with Gasteiger partial charge in [0.1, 0.15) is 17.7 Å². The van der Waals surface area contributed by atoms with Gasteiger partial charge in [0.2, 0.25) is 0 Å². The number of rotatable bonds is 4. The van der Waals surface area contributed by atoms with Crippen LogP contribution in [0.3, 0.4) is 0 Å². The summed E-state index contributed by atoms with van der Waals surface area (Å²) >= 11 is 6.46. The Morgan fingerprint density at radius 2 is 2.11 bits per heavy atom. The summed E-state index contributed by atoms with van der Waals surface area (Å²) < 4.78 is 22.3. The van der Waals surface area contributed by atoms with Crippen LogP contribution in [0.4, 0.5) is 4.39 Å². The molecule has 2 aromatic heterocycles. The summed E-state index contributed by atoms with van der Waals surface area (Å²) in [6, 6.07) is 4.22. The molecule has 2 bridgehead atoms. The Balaban J connectivity index is 1.26. The standard InChI is InChI=1S/C27H31ClFN5O3/c1-5-20-24(28)14(2)34-25(30-20)19-12-33(13-21(19)31-34)26(35)18-7-6-15(29)8-22(18)37-17-9-16-11-27(3,36)23(10-17)32(16)4/h6-8,16-17,23,36H,5,9-13H2,1-4H3/t16-,17-,23+,27+/m0/s1. The van der Waals surface area contributed by atoms with Crippen LogP contribution >= 0.6 is 11.6 Å². The number of carbonyl (C=O) groups excluding carboxylic acids is 1. The second-order valence-electron chi connectivity index (χ2n) is 10.9. The van der Waals surface area contributed by atoms with Gasteiger partial charge in [0.25, 0.3) is 5.91 Å². The van der Waals surface area contributed by atoms with Crippen LogP contribution in [0.1, 0.15) is 66.1 Å². The maximum Gasteiger partial charge on any atom is 0.258 e. The van der Waals surface area contributed by atoms with Crippen molar-refractivity contribution in [2.24, 2.45) is 0 Å². The lowest BCUT2D eigenvalue weighted by molar-refractivity contribution is -0.00694. The third-order valence-electron chi connectivity index (χ3n) is 8.40. The Labute approximate surface area is 220 Å². The van der Waals surface area contributed by atoms with Gasteiger partial charge in [0, 0.05) is 30.1 Å². The van der Waals surface area contributed by atoms with Gasteiger partial charge in [-0.2, -0.15) is 5.10 Å². The highest BCUT2D eigenvalue weighted by molar-refractivity contribution is 6.31. The molecule has 6 rings (SSSR count).